The van der Waals surface area contributed by atoms with Crippen molar-refractivity contribution in [2.75, 3.05) is 5.32 Å². The Labute approximate surface area is 122 Å². The van der Waals surface area contributed by atoms with E-state index in [1.807, 2.05) is 29.2 Å². The Morgan fingerprint density at radius 3 is 3.00 bits per heavy atom. The number of aryl methyl sites for hydroxylation is 2. The zero-order valence-electron chi connectivity index (χ0n) is 11.5. The molecule has 102 valence electrons. The Morgan fingerprint density at radius 2 is 2.25 bits per heavy atom. The average molecular weight is 284 g/mol. The average Bonchev–Trinajstić information content (AvgIpc) is 3.07. The van der Waals surface area contributed by atoms with Crippen molar-refractivity contribution in [3.63, 3.8) is 0 Å². The second-order valence-electron chi connectivity index (χ2n) is 4.62. The van der Waals surface area contributed by atoms with Gasteiger partial charge in [-0.15, -0.1) is 11.3 Å². The summed E-state index contributed by atoms with van der Waals surface area (Å²) < 4.78 is 1.91. The van der Waals surface area contributed by atoms with E-state index in [0.717, 1.165) is 28.6 Å². The highest BCUT2D eigenvalue weighted by Crippen LogP contribution is 2.27. The van der Waals surface area contributed by atoms with Gasteiger partial charge < -0.3 is 5.32 Å². The molecule has 0 aliphatic heterocycles. The van der Waals surface area contributed by atoms with Gasteiger partial charge in [0.05, 0.1) is 11.9 Å². The lowest BCUT2D eigenvalue weighted by Crippen LogP contribution is -1.92. The fraction of sp³-hybridized carbons (Fsp3) is 0.200. The third-order valence-electron chi connectivity index (χ3n) is 3.03. The van der Waals surface area contributed by atoms with Gasteiger partial charge in [-0.1, -0.05) is 12.1 Å². The van der Waals surface area contributed by atoms with Crippen LogP contribution in [0.25, 0.3) is 11.3 Å². The molecule has 1 N–H and O–H groups in total. The van der Waals surface area contributed by atoms with Gasteiger partial charge in [0.25, 0.3) is 0 Å². The molecule has 4 nitrogen and oxygen atoms in total. The van der Waals surface area contributed by atoms with Crippen LogP contribution in [0.15, 0.2) is 42.0 Å². The summed E-state index contributed by atoms with van der Waals surface area (Å²) in [5, 5.41) is 10.6. The SMILES string of the molecule is CCn1cc(-c2csc(Nc3cccc(C)c3)n2)cn1. The lowest BCUT2D eigenvalue weighted by Gasteiger charge is -2.02. The second kappa shape index (κ2) is 5.46. The Morgan fingerprint density at radius 1 is 1.35 bits per heavy atom. The van der Waals surface area contributed by atoms with Gasteiger partial charge in [-0.3, -0.25) is 4.68 Å². The highest BCUT2D eigenvalue weighted by Gasteiger charge is 2.07. The Hall–Kier alpha value is -2.14. The molecule has 2 heterocycles. The van der Waals surface area contributed by atoms with Crippen LogP contribution in [0.4, 0.5) is 10.8 Å². The van der Waals surface area contributed by atoms with Crippen LogP contribution in [0.2, 0.25) is 0 Å². The lowest BCUT2D eigenvalue weighted by molar-refractivity contribution is 0.660. The zero-order chi connectivity index (χ0) is 13.9. The topological polar surface area (TPSA) is 42.7 Å². The van der Waals surface area contributed by atoms with E-state index < -0.39 is 0 Å². The first-order valence-electron chi connectivity index (χ1n) is 6.56. The molecule has 0 unspecified atom stereocenters. The molecule has 0 aliphatic carbocycles. The Bertz CT molecular complexity index is 714. The third kappa shape index (κ3) is 2.72. The summed E-state index contributed by atoms with van der Waals surface area (Å²) in [6, 6.07) is 8.27. The van der Waals surface area contributed by atoms with Crippen molar-refractivity contribution in [3.8, 4) is 11.3 Å². The quantitative estimate of drug-likeness (QED) is 0.785. The van der Waals surface area contributed by atoms with Gasteiger partial charge >= 0.3 is 0 Å². The van der Waals surface area contributed by atoms with Crippen molar-refractivity contribution in [2.24, 2.45) is 0 Å². The summed E-state index contributed by atoms with van der Waals surface area (Å²) in [5.41, 5.74) is 4.32. The van der Waals surface area contributed by atoms with Crippen molar-refractivity contribution >= 4 is 22.2 Å². The van der Waals surface area contributed by atoms with Gasteiger partial charge in [0, 0.05) is 29.4 Å². The molecule has 20 heavy (non-hydrogen) atoms. The number of aromatic nitrogens is 3. The minimum atomic E-state index is 0.874. The maximum absolute atomic E-state index is 4.61. The monoisotopic (exact) mass is 284 g/mol. The number of hydrogen-bond acceptors (Lipinski definition) is 4. The molecular weight excluding hydrogens is 268 g/mol. The Kier molecular flexibility index (Phi) is 3.52. The van der Waals surface area contributed by atoms with Crippen LogP contribution in [0, 0.1) is 6.92 Å². The summed E-state index contributed by atoms with van der Waals surface area (Å²) in [6.07, 6.45) is 3.88. The highest BCUT2D eigenvalue weighted by atomic mass is 32.1. The van der Waals surface area contributed by atoms with Gasteiger partial charge in [-0.05, 0) is 31.5 Å². The molecule has 3 rings (SSSR count). The smallest absolute Gasteiger partial charge is 0.187 e. The number of benzene rings is 1. The van der Waals surface area contributed by atoms with Crippen molar-refractivity contribution in [1.29, 1.82) is 0 Å². The van der Waals surface area contributed by atoms with E-state index in [1.54, 1.807) is 11.3 Å². The minimum Gasteiger partial charge on any atom is -0.332 e. The van der Waals surface area contributed by atoms with Crippen LogP contribution in [0.1, 0.15) is 12.5 Å². The first-order valence-corrected chi connectivity index (χ1v) is 7.44. The van der Waals surface area contributed by atoms with E-state index >= 15 is 0 Å². The van der Waals surface area contributed by atoms with Crippen LogP contribution in [0.5, 0.6) is 0 Å². The molecule has 0 aliphatic rings. The molecule has 0 saturated carbocycles. The summed E-state index contributed by atoms with van der Waals surface area (Å²) in [6.45, 7) is 5.03. The van der Waals surface area contributed by atoms with Crippen LogP contribution < -0.4 is 5.32 Å². The first-order chi connectivity index (χ1) is 9.74. The van der Waals surface area contributed by atoms with Crippen LogP contribution in [0.3, 0.4) is 0 Å². The molecule has 0 radical (unpaired) electrons. The lowest BCUT2D eigenvalue weighted by atomic mass is 10.2. The highest BCUT2D eigenvalue weighted by molar-refractivity contribution is 7.14. The summed E-state index contributed by atoms with van der Waals surface area (Å²) in [4.78, 5) is 4.61. The fourth-order valence-corrected chi connectivity index (χ4v) is 2.72. The van der Waals surface area contributed by atoms with Crippen molar-refractivity contribution in [2.45, 2.75) is 20.4 Å². The number of anilines is 2. The Balaban J connectivity index is 1.80. The van der Waals surface area contributed by atoms with E-state index in [2.05, 4.69) is 46.8 Å². The van der Waals surface area contributed by atoms with E-state index in [4.69, 9.17) is 0 Å². The molecule has 0 bridgehead atoms. The van der Waals surface area contributed by atoms with E-state index in [0.29, 0.717) is 0 Å². The van der Waals surface area contributed by atoms with Crippen molar-refractivity contribution in [1.82, 2.24) is 14.8 Å². The van der Waals surface area contributed by atoms with Gasteiger partial charge in [0.2, 0.25) is 0 Å². The summed E-state index contributed by atoms with van der Waals surface area (Å²) in [7, 11) is 0. The first kappa shape index (κ1) is 12.9. The van der Waals surface area contributed by atoms with Gasteiger partial charge in [0.15, 0.2) is 5.13 Å². The van der Waals surface area contributed by atoms with Crippen molar-refractivity contribution in [3.05, 3.63) is 47.6 Å². The molecule has 0 amide bonds. The number of nitrogens with one attached hydrogen (secondary N) is 1. The maximum Gasteiger partial charge on any atom is 0.187 e. The van der Waals surface area contributed by atoms with Gasteiger partial charge in [0.1, 0.15) is 0 Å². The van der Waals surface area contributed by atoms with E-state index in [1.165, 1.54) is 5.56 Å². The van der Waals surface area contributed by atoms with Gasteiger partial charge in [-0.2, -0.15) is 5.10 Å². The molecule has 0 spiro atoms. The number of rotatable bonds is 4. The largest absolute Gasteiger partial charge is 0.332 e. The van der Waals surface area contributed by atoms with E-state index in [-0.39, 0.29) is 0 Å². The molecular formula is C15H16N4S. The van der Waals surface area contributed by atoms with Crippen LogP contribution in [-0.4, -0.2) is 14.8 Å². The predicted molar refractivity (Wildman–Crippen MR) is 83.5 cm³/mol. The third-order valence-corrected chi connectivity index (χ3v) is 3.78. The second-order valence-corrected chi connectivity index (χ2v) is 5.48. The van der Waals surface area contributed by atoms with Gasteiger partial charge in [-0.25, -0.2) is 4.98 Å². The number of hydrogen-bond donors (Lipinski definition) is 1. The standard InChI is InChI=1S/C15H16N4S/c1-3-19-9-12(8-16-19)14-10-20-15(18-14)17-13-6-4-5-11(2)7-13/h4-10H,3H2,1-2H3,(H,17,18). The minimum absolute atomic E-state index is 0.874. The van der Waals surface area contributed by atoms with Crippen LogP contribution in [-0.2, 0) is 6.54 Å². The molecule has 1 aromatic carbocycles. The number of thiazole rings is 1. The molecule has 0 atom stereocenters. The van der Waals surface area contributed by atoms with Crippen molar-refractivity contribution < 1.29 is 0 Å². The molecule has 5 heteroatoms. The molecule has 3 aromatic rings. The molecule has 2 aromatic heterocycles. The summed E-state index contributed by atoms with van der Waals surface area (Å²) >= 11 is 1.60. The summed E-state index contributed by atoms with van der Waals surface area (Å²) in [5.74, 6) is 0. The number of nitrogens with zero attached hydrogens (tertiary/aromatic N) is 3. The maximum atomic E-state index is 4.61. The van der Waals surface area contributed by atoms with Crippen LogP contribution >= 0.6 is 11.3 Å². The predicted octanol–water partition coefficient (Wildman–Crippen LogP) is 4.08. The molecule has 0 saturated heterocycles. The fourth-order valence-electron chi connectivity index (χ4n) is 1.98. The molecule has 0 fully saturated rings. The zero-order valence-corrected chi connectivity index (χ0v) is 12.3. The normalized spacial score (nSPS) is 10.7. The van der Waals surface area contributed by atoms with E-state index in [9.17, 15) is 0 Å².